The van der Waals surface area contributed by atoms with Crippen LogP contribution in [0.15, 0.2) is 23.1 Å². The summed E-state index contributed by atoms with van der Waals surface area (Å²) in [6.45, 7) is 1.26. The van der Waals surface area contributed by atoms with Crippen LogP contribution in [0.1, 0.15) is 12.5 Å². The van der Waals surface area contributed by atoms with E-state index in [-0.39, 0.29) is 22.0 Å². The first-order valence-corrected chi connectivity index (χ1v) is 7.40. The van der Waals surface area contributed by atoms with Crippen molar-refractivity contribution in [3.05, 3.63) is 28.8 Å². The van der Waals surface area contributed by atoms with Crippen LogP contribution in [0.25, 0.3) is 0 Å². The number of hydrogen-bond donors (Lipinski definition) is 1. The zero-order valence-corrected chi connectivity index (χ0v) is 12.4. The fourth-order valence-electron chi connectivity index (χ4n) is 1.49. The number of benzene rings is 1. The lowest BCUT2D eigenvalue weighted by atomic mass is 10.2. The van der Waals surface area contributed by atoms with Gasteiger partial charge in [-0.25, -0.2) is 12.7 Å². The second-order valence-corrected chi connectivity index (χ2v) is 6.73. The molecule has 0 spiro atoms. The Morgan fingerprint density at radius 1 is 1.55 bits per heavy atom. The van der Waals surface area contributed by atoms with Gasteiger partial charge in [0, 0.05) is 13.6 Å². The second kappa shape index (κ2) is 6.22. The maximum Gasteiger partial charge on any atom is 0.307 e. The van der Waals surface area contributed by atoms with Crippen molar-refractivity contribution in [3.63, 3.8) is 0 Å². The third-order valence-corrected chi connectivity index (χ3v) is 4.85. The van der Waals surface area contributed by atoms with E-state index in [1.165, 1.54) is 32.2 Å². The average Bonchev–Trinajstić information content (AvgIpc) is 2.38. The smallest absolute Gasteiger partial charge is 0.307 e. The van der Waals surface area contributed by atoms with Gasteiger partial charge in [0.2, 0.25) is 10.0 Å². The number of nitriles is 1. The van der Waals surface area contributed by atoms with Crippen molar-refractivity contribution in [1.82, 2.24) is 4.31 Å². The lowest BCUT2D eigenvalue weighted by Crippen LogP contribution is -2.33. The second-order valence-electron chi connectivity index (χ2n) is 4.28. The summed E-state index contributed by atoms with van der Waals surface area (Å²) in [5, 5.41) is 17.6. The van der Waals surface area contributed by atoms with Crippen LogP contribution >= 0.6 is 11.6 Å². The quantitative estimate of drug-likeness (QED) is 0.888. The van der Waals surface area contributed by atoms with E-state index in [0.717, 1.165) is 4.31 Å². The van der Waals surface area contributed by atoms with Crippen LogP contribution in [0.4, 0.5) is 0 Å². The number of rotatable bonds is 5. The number of sulfonamides is 1. The van der Waals surface area contributed by atoms with Gasteiger partial charge in [-0.05, 0) is 18.2 Å². The van der Waals surface area contributed by atoms with Crippen molar-refractivity contribution in [1.29, 1.82) is 5.26 Å². The van der Waals surface area contributed by atoms with Crippen molar-refractivity contribution in [2.75, 3.05) is 13.6 Å². The van der Waals surface area contributed by atoms with Gasteiger partial charge in [0.25, 0.3) is 0 Å². The predicted octanol–water partition coefficient (Wildman–Crippen LogP) is 1.55. The van der Waals surface area contributed by atoms with Crippen LogP contribution in [-0.4, -0.2) is 37.4 Å². The van der Waals surface area contributed by atoms with Crippen molar-refractivity contribution >= 4 is 27.6 Å². The molecule has 108 valence electrons. The fraction of sp³-hybridized carbons (Fsp3) is 0.333. The minimum absolute atomic E-state index is 0.0354. The summed E-state index contributed by atoms with van der Waals surface area (Å²) in [7, 11) is -2.55. The molecule has 0 aliphatic rings. The first-order valence-electron chi connectivity index (χ1n) is 5.59. The Balaban J connectivity index is 3.08. The molecule has 1 rings (SSSR count). The zero-order valence-electron chi connectivity index (χ0n) is 10.9. The Bertz CT molecular complexity index is 667. The van der Waals surface area contributed by atoms with Crippen molar-refractivity contribution in [2.45, 2.75) is 11.8 Å². The normalized spacial score (nSPS) is 12.9. The number of aliphatic carboxylic acids is 1. The van der Waals surface area contributed by atoms with Crippen molar-refractivity contribution in [3.8, 4) is 6.07 Å². The molecular formula is C12H13ClN2O4S. The van der Waals surface area contributed by atoms with Crippen LogP contribution in [-0.2, 0) is 14.8 Å². The minimum Gasteiger partial charge on any atom is -0.481 e. The van der Waals surface area contributed by atoms with Crippen LogP contribution in [0, 0.1) is 17.2 Å². The average molecular weight is 317 g/mol. The van der Waals surface area contributed by atoms with E-state index in [2.05, 4.69) is 0 Å². The minimum atomic E-state index is -3.84. The summed E-state index contributed by atoms with van der Waals surface area (Å²) < 4.78 is 25.4. The molecule has 1 aromatic rings. The van der Waals surface area contributed by atoms with Gasteiger partial charge in [0.05, 0.1) is 21.4 Å². The SMILES string of the molecule is CC(CN(C)S(=O)(=O)c1ccc(C#N)c(Cl)c1)C(=O)O. The number of carbonyl (C=O) groups is 1. The summed E-state index contributed by atoms with van der Waals surface area (Å²) in [4.78, 5) is 10.7. The van der Waals surface area contributed by atoms with Crippen LogP contribution in [0.2, 0.25) is 5.02 Å². The molecule has 0 saturated carbocycles. The largest absolute Gasteiger partial charge is 0.481 e. The molecule has 6 nitrogen and oxygen atoms in total. The molecule has 0 aromatic heterocycles. The standard InChI is InChI=1S/C12H13ClN2O4S/c1-8(12(16)17)7-15(2)20(18,19)10-4-3-9(6-14)11(13)5-10/h3-5,8H,7H2,1-2H3,(H,16,17). The molecule has 0 aliphatic heterocycles. The zero-order chi connectivity index (χ0) is 15.5. The summed E-state index contributed by atoms with van der Waals surface area (Å²) in [6.07, 6.45) is 0. The summed E-state index contributed by atoms with van der Waals surface area (Å²) >= 11 is 5.80. The molecule has 0 bridgehead atoms. The predicted molar refractivity (Wildman–Crippen MR) is 72.8 cm³/mol. The first kappa shape index (κ1) is 16.4. The highest BCUT2D eigenvalue weighted by molar-refractivity contribution is 7.89. The third kappa shape index (κ3) is 3.48. The summed E-state index contributed by atoms with van der Waals surface area (Å²) in [5.74, 6) is -1.91. The maximum atomic E-state index is 12.2. The Morgan fingerprint density at radius 2 is 2.15 bits per heavy atom. The summed E-state index contributed by atoms with van der Waals surface area (Å²) in [5.41, 5.74) is 0.173. The Kier molecular flexibility index (Phi) is 5.11. The van der Waals surface area contributed by atoms with Crippen LogP contribution in [0.5, 0.6) is 0 Å². The molecule has 0 saturated heterocycles. The third-order valence-electron chi connectivity index (χ3n) is 2.72. The molecule has 1 unspecified atom stereocenters. The molecular weight excluding hydrogens is 304 g/mol. The molecule has 20 heavy (non-hydrogen) atoms. The highest BCUT2D eigenvalue weighted by Crippen LogP contribution is 2.22. The van der Waals surface area contributed by atoms with Gasteiger partial charge < -0.3 is 5.11 Å². The highest BCUT2D eigenvalue weighted by atomic mass is 35.5. The maximum absolute atomic E-state index is 12.2. The molecule has 1 aromatic carbocycles. The van der Waals surface area contributed by atoms with Gasteiger partial charge in [-0.15, -0.1) is 0 Å². The lowest BCUT2D eigenvalue weighted by molar-refractivity contribution is -0.141. The molecule has 0 heterocycles. The van der Waals surface area contributed by atoms with E-state index in [0.29, 0.717) is 0 Å². The van der Waals surface area contributed by atoms with Gasteiger partial charge in [-0.3, -0.25) is 4.79 Å². The Labute approximate surface area is 122 Å². The highest BCUT2D eigenvalue weighted by Gasteiger charge is 2.25. The van der Waals surface area contributed by atoms with Crippen molar-refractivity contribution < 1.29 is 18.3 Å². The van der Waals surface area contributed by atoms with Gasteiger partial charge >= 0.3 is 5.97 Å². The Morgan fingerprint density at radius 3 is 2.60 bits per heavy atom. The number of hydrogen-bond acceptors (Lipinski definition) is 4. The molecule has 0 radical (unpaired) electrons. The van der Waals surface area contributed by atoms with E-state index < -0.39 is 21.9 Å². The number of carboxylic acid groups (broad SMARTS) is 1. The molecule has 0 fully saturated rings. The Hall–Kier alpha value is -1.62. The fourth-order valence-corrected chi connectivity index (χ4v) is 3.06. The van der Waals surface area contributed by atoms with E-state index in [1.54, 1.807) is 0 Å². The monoisotopic (exact) mass is 316 g/mol. The van der Waals surface area contributed by atoms with Crippen LogP contribution in [0.3, 0.4) is 0 Å². The number of nitrogens with zero attached hydrogens (tertiary/aromatic N) is 2. The number of carboxylic acids is 1. The van der Waals surface area contributed by atoms with Gasteiger partial charge in [0.15, 0.2) is 0 Å². The topological polar surface area (TPSA) is 98.5 Å². The number of halogens is 1. The van der Waals surface area contributed by atoms with E-state index >= 15 is 0 Å². The summed E-state index contributed by atoms with van der Waals surface area (Å²) in [6, 6.07) is 5.58. The van der Waals surface area contributed by atoms with Crippen LogP contribution < -0.4 is 0 Å². The van der Waals surface area contributed by atoms with E-state index in [9.17, 15) is 13.2 Å². The molecule has 0 aliphatic carbocycles. The molecule has 1 N–H and O–H groups in total. The molecule has 8 heteroatoms. The van der Waals surface area contributed by atoms with Gasteiger partial charge in [0.1, 0.15) is 6.07 Å². The lowest BCUT2D eigenvalue weighted by Gasteiger charge is -2.19. The van der Waals surface area contributed by atoms with E-state index in [4.69, 9.17) is 22.0 Å². The molecule has 1 atom stereocenters. The van der Waals surface area contributed by atoms with Gasteiger partial charge in [-0.1, -0.05) is 18.5 Å². The molecule has 0 amide bonds. The first-order chi connectivity index (χ1) is 9.20. The van der Waals surface area contributed by atoms with E-state index in [1.807, 2.05) is 6.07 Å². The van der Waals surface area contributed by atoms with Gasteiger partial charge in [-0.2, -0.15) is 5.26 Å². The van der Waals surface area contributed by atoms with Crippen molar-refractivity contribution in [2.24, 2.45) is 5.92 Å².